The van der Waals surface area contributed by atoms with Crippen LogP contribution >= 0.6 is 0 Å². The number of rotatable bonds is 4. The molecule has 0 aromatic heterocycles. The Bertz CT molecular complexity index is 510. The fourth-order valence-electron chi connectivity index (χ4n) is 2.62. The van der Waals surface area contributed by atoms with Crippen LogP contribution in [0.25, 0.3) is 0 Å². The molecule has 0 amide bonds. The van der Waals surface area contributed by atoms with Crippen LogP contribution in [0.3, 0.4) is 0 Å². The van der Waals surface area contributed by atoms with Crippen molar-refractivity contribution in [1.29, 1.82) is 5.26 Å². The second-order valence-electron chi connectivity index (χ2n) is 5.70. The third kappa shape index (κ3) is 2.01. The number of benzene rings is 1. The lowest BCUT2D eigenvalue weighted by Crippen LogP contribution is -2.56. The maximum atomic E-state index is 9.50. The summed E-state index contributed by atoms with van der Waals surface area (Å²) in [4.78, 5) is 0. The third-order valence-corrected chi connectivity index (χ3v) is 4.36. The lowest BCUT2D eigenvalue weighted by molar-refractivity contribution is -0.103. The summed E-state index contributed by atoms with van der Waals surface area (Å²) >= 11 is 0. The summed E-state index contributed by atoms with van der Waals surface area (Å²) in [7, 11) is 1.68. The first-order chi connectivity index (χ1) is 9.00. The molecule has 1 fully saturated rings. The zero-order valence-electron chi connectivity index (χ0n) is 12.1. The van der Waals surface area contributed by atoms with Gasteiger partial charge in [-0.25, -0.2) is 0 Å². The minimum Gasteiger partial charge on any atom is -0.496 e. The quantitative estimate of drug-likeness (QED) is 0.834. The van der Waals surface area contributed by atoms with Gasteiger partial charge < -0.3 is 9.47 Å². The first kappa shape index (κ1) is 13.9. The molecule has 1 aromatic carbocycles. The number of nitrogens with zero attached hydrogens (tertiary/aromatic N) is 1. The van der Waals surface area contributed by atoms with Gasteiger partial charge in [0.2, 0.25) is 0 Å². The van der Waals surface area contributed by atoms with E-state index in [4.69, 9.17) is 9.47 Å². The van der Waals surface area contributed by atoms with Crippen LogP contribution in [0.15, 0.2) is 18.2 Å². The van der Waals surface area contributed by atoms with E-state index in [9.17, 15) is 5.26 Å². The number of hydrogen-bond donors (Lipinski definition) is 0. The molecule has 102 valence electrons. The Morgan fingerprint density at radius 1 is 1.42 bits per heavy atom. The Hall–Kier alpha value is -1.53. The van der Waals surface area contributed by atoms with Gasteiger partial charge in [-0.05, 0) is 31.9 Å². The van der Waals surface area contributed by atoms with Crippen LogP contribution in [-0.2, 0) is 16.6 Å². The van der Waals surface area contributed by atoms with Crippen molar-refractivity contribution in [3.63, 3.8) is 0 Å². The summed E-state index contributed by atoms with van der Waals surface area (Å²) in [5.74, 6) is 0.851. The molecule has 0 N–H and O–H groups in total. The van der Waals surface area contributed by atoms with Crippen molar-refractivity contribution >= 4 is 0 Å². The average molecular weight is 259 g/mol. The smallest absolute Gasteiger partial charge is 0.122 e. The Balaban J connectivity index is 2.58. The SMILES string of the molecule is CCc1ccc(OC)c(C2(C(C)(C)C#N)COC2)c1. The predicted octanol–water partition coefficient (Wildman–Crippen LogP) is 3.08. The summed E-state index contributed by atoms with van der Waals surface area (Å²) in [6.45, 7) is 7.25. The van der Waals surface area contributed by atoms with E-state index in [0.29, 0.717) is 13.2 Å². The highest BCUT2D eigenvalue weighted by molar-refractivity contribution is 5.46. The summed E-state index contributed by atoms with van der Waals surface area (Å²) in [5.41, 5.74) is 1.62. The van der Waals surface area contributed by atoms with E-state index in [0.717, 1.165) is 17.7 Å². The van der Waals surface area contributed by atoms with Crippen molar-refractivity contribution in [3.05, 3.63) is 29.3 Å². The number of aryl methyl sites for hydroxylation is 1. The van der Waals surface area contributed by atoms with E-state index in [-0.39, 0.29) is 5.41 Å². The molecule has 3 nitrogen and oxygen atoms in total. The van der Waals surface area contributed by atoms with Gasteiger partial charge in [0.05, 0.1) is 37.2 Å². The van der Waals surface area contributed by atoms with Crippen LogP contribution < -0.4 is 4.74 Å². The van der Waals surface area contributed by atoms with Gasteiger partial charge in [-0.15, -0.1) is 0 Å². The zero-order valence-corrected chi connectivity index (χ0v) is 12.1. The largest absolute Gasteiger partial charge is 0.496 e. The van der Waals surface area contributed by atoms with Gasteiger partial charge in [0, 0.05) is 5.56 Å². The molecule has 1 saturated heterocycles. The molecule has 0 saturated carbocycles. The predicted molar refractivity (Wildman–Crippen MR) is 74.3 cm³/mol. The van der Waals surface area contributed by atoms with Gasteiger partial charge in [-0.3, -0.25) is 0 Å². The van der Waals surface area contributed by atoms with Crippen LogP contribution in [0.5, 0.6) is 5.75 Å². The van der Waals surface area contributed by atoms with Crippen LogP contribution in [0.4, 0.5) is 0 Å². The van der Waals surface area contributed by atoms with Gasteiger partial charge in [0.25, 0.3) is 0 Å². The van der Waals surface area contributed by atoms with Crippen molar-refractivity contribution in [2.75, 3.05) is 20.3 Å². The topological polar surface area (TPSA) is 42.2 Å². The Morgan fingerprint density at radius 2 is 2.11 bits per heavy atom. The average Bonchev–Trinajstić information content (AvgIpc) is 2.37. The molecule has 0 spiro atoms. The molecule has 0 bridgehead atoms. The summed E-state index contributed by atoms with van der Waals surface area (Å²) < 4.78 is 10.9. The highest BCUT2D eigenvalue weighted by Gasteiger charge is 2.54. The molecule has 1 aromatic rings. The molecular formula is C16H21NO2. The van der Waals surface area contributed by atoms with Gasteiger partial charge >= 0.3 is 0 Å². The van der Waals surface area contributed by atoms with E-state index in [1.54, 1.807) is 7.11 Å². The molecule has 2 rings (SSSR count). The summed E-state index contributed by atoms with van der Waals surface area (Å²) in [5, 5.41) is 9.50. The van der Waals surface area contributed by atoms with Gasteiger partial charge in [0.15, 0.2) is 0 Å². The van der Waals surface area contributed by atoms with E-state index in [1.165, 1.54) is 5.56 Å². The first-order valence-electron chi connectivity index (χ1n) is 6.67. The number of hydrogen-bond acceptors (Lipinski definition) is 3. The minimum atomic E-state index is -0.481. The Kier molecular flexibility index (Phi) is 3.56. The van der Waals surface area contributed by atoms with Crippen LogP contribution in [0.2, 0.25) is 0 Å². The van der Waals surface area contributed by atoms with Gasteiger partial charge in [-0.1, -0.05) is 19.1 Å². The molecule has 0 atom stereocenters. The fraction of sp³-hybridized carbons (Fsp3) is 0.562. The van der Waals surface area contributed by atoms with Crippen LogP contribution in [0, 0.1) is 16.7 Å². The molecule has 0 unspecified atom stereocenters. The maximum Gasteiger partial charge on any atom is 0.122 e. The molecule has 1 aliphatic heterocycles. The van der Waals surface area contributed by atoms with E-state index in [2.05, 4.69) is 25.1 Å². The lowest BCUT2D eigenvalue weighted by atomic mass is 9.60. The standard InChI is InChI=1S/C16H21NO2/c1-5-12-6-7-14(18-4)13(8-12)16(10-19-11-16)15(2,3)9-17/h6-8H,5,10-11H2,1-4H3. The molecule has 0 radical (unpaired) electrons. The lowest BCUT2D eigenvalue weighted by Gasteiger charge is -2.49. The highest BCUT2D eigenvalue weighted by atomic mass is 16.5. The van der Waals surface area contributed by atoms with Crippen molar-refractivity contribution in [1.82, 2.24) is 0 Å². The minimum absolute atomic E-state index is 0.266. The second kappa shape index (κ2) is 4.86. The summed E-state index contributed by atoms with van der Waals surface area (Å²) in [6.07, 6.45) is 0.973. The first-order valence-corrected chi connectivity index (χ1v) is 6.67. The maximum absolute atomic E-state index is 9.50. The number of nitriles is 1. The fourth-order valence-corrected chi connectivity index (χ4v) is 2.62. The van der Waals surface area contributed by atoms with Crippen LogP contribution in [-0.4, -0.2) is 20.3 Å². The normalized spacial score (nSPS) is 17.4. The van der Waals surface area contributed by atoms with Crippen molar-refractivity contribution in [3.8, 4) is 11.8 Å². The zero-order chi connectivity index (χ0) is 14.1. The van der Waals surface area contributed by atoms with Gasteiger partial charge in [0.1, 0.15) is 5.75 Å². The highest BCUT2D eigenvalue weighted by Crippen LogP contribution is 2.50. The van der Waals surface area contributed by atoms with E-state index in [1.807, 2.05) is 19.9 Å². The van der Waals surface area contributed by atoms with E-state index >= 15 is 0 Å². The molecule has 1 aliphatic rings. The number of methoxy groups -OCH3 is 1. The van der Waals surface area contributed by atoms with Gasteiger partial charge in [-0.2, -0.15) is 5.26 Å². The molecular weight excluding hydrogens is 238 g/mol. The Labute approximate surface area is 115 Å². The number of ether oxygens (including phenoxy) is 2. The Morgan fingerprint density at radius 3 is 2.53 bits per heavy atom. The monoisotopic (exact) mass is 259 g/mol. The van der Waals surface area contributed by atoms with E-state index < -0.39 is 5.41 Å². The van der Waals surface area contributed by atoms with Crippen molar-refractivity contribution < 1.29 is 9.47 Å². The molecule has 19 heavy (non-hydrogen) atoms. The molecule has 1 heterocycles. The summed E-state index contributed by atoms with van der Waals surface area (Å²) in [6, 6.07) is 8.68. The van der Waals surface area contributed by atoms with Crippen molar-refractivity contribution in [2.45, 2.75) is 32.6 Å². The third-order valence-electron chi connectivity index (χ3n) is 4.36. The second-order valence-corrected chi connectivity index (χ2v) is 5.70. The molecule has 0 aliphatic carbocycles. The van der Waals surface area contributed by atoms with Crippen LogP contribution in [0.1, 0.15) is 31.9 Å². The van der Waals surface area contributed by atoms with Crippen molar-refractivity contribution in [2.24, 2.45) is 5.41 Å². The molecule has 3 heteroatoms.